The first-order valence-corrected chi connectivity index (χ1v) is 7.65. The molecule has 0 aromatic heterocycles. The highest BCUT2D eigenvalue weighted by Crippen LogP contribution is 2.35. The van der Waals surface area contributed by atoms with E-state index < -0.39 is 11.2 Å². The summed E-state index contributed by atoms with van der Waals surface area (Å²) in [6.07, 6.45) is 3.97. The van der Waals surface area contributed by atoms with E-state index in [2.05, 4.69) is 0 Å². The van der Waals surface area contributed by atoms with E-state index in [0.29, 0.717) is 11.8 Å². The average Bonchev–Trinajstić information content (AvgIpc) is 2.26. The Kier molecular flexibility index (Phi) is 5.47. The van der Waals surface area contributed by atoms with Crippen molar-refractivity contribution < 1.29 is 14.6 Å². The van der Waals surface area contributed by atoms with Gasteiger partial charge in [0.2, 0.25) is 0 Å². The van der Waals surface area contributed by atoms with Gasteiger partial charge in [0.1, 0.15) is 5.60 Å². The summed E-state index contributed by atoms with van der Waals surface area (Å²) < 4.78 is 5.36. The molecule has 0 radical (unpaired) electrons. The smallest absolute Gasteiger partial charge is 0.410 e. The lowest BCUT2D eigenvalue weighted by atomic mass is 9.75. The Labute approximate surface area is 123 Å². The lowest BCUT2D eigenvalue weighted by molar-refractivity contribution is -0.0100. The van der Waals surface area contributed by atoms with Crippen LogP contribution >= 0.6 is 0 Å². The molecule has 4 nitrogen and oxygen atoms in total. The molecule has 1 fully saturated rings. The van der Waals surface area contributed by atoms with Crippen molar-refractivity contribution in [1.82, 2.24) is 4.90 Å². The van der Waals surface area contributed by atoms with Crippen molar-refractivity contribution in [1.29, 1.82) is 0 Å². The van der Waals surface area contributed by atoms with Gasteiger partial charge >= 0.3 is 6.09 Å². The zero-order valence-corrected chi connectivity index (χ0v) is 13.9. The molecule has 1 saturated carbocycles. The van der Waals surface area contributed by atoms with E-state index in [4.69, 9.17) is 4.74 Å². The van der Waals surface area contributed by atoms with Crippen LogP contribution in [-0.4, -0.2) is 40.9 Å². The van der Waals surface area contributed by atoms with Gasteiger partial charge in [0.15, 0.2) is 0 Å². The third-order valence-corrected chi connectivity index (χ3v) is 4.08. The molecule has 0 bridgehead atoms. The zero-order chi connectivity index (χ0) is 15.6. The summed E-state index contributed by atoms with van der Waals surface area (Å²) >= 11 is 0. The van der Waals surface area contributed by atoms with Gasteiger partial charge in [-0.25, -0.2) is 4.79 Å². The van der Waals surface area contributed by atoms with Gasteiger partial charge in [-0.15, -0.1) is 0 Å². The first-order chi connectivity index (χ1) is 8.99. The molecule has 1 N–H and O–H groups in total. The molecular weight excluding hydrogens is 254 g/mol. The lowest BCUT2D eigenvalue weighted by Crippen LogP contribution is -2.39. The van der Waals surface area contributed by atoms with E-state index in [9.17, 15) is 9.90 Å². The summed E-state index contributed by atoms with van der Waals surface area (Å²) in [6.45, 7) is 10.2. The van der Waals surface area contributed by atoms with Crippen LogP contribution in [0.5, 0.6) is 0 Å². The highest BCUT2D eigenvalue weighted by atomic mass is 16.6. The Morgan fingerprint density at radius 2 is 1.65 bits per heavy atom. The molecule has 0 heterocycles. The summed E-state index contributed by atoms with van der Waals surface area (Å²) in [6, 6.07) is 0. The van der Waals surface area contributed by atoms with Gasteiger partial charge in [0.25, 0.3) is 0 Å². The van der Waals surface area contributed by atoms with Gasteiger partial charge in [0, 0.05) is 13.6 Å². The van der Waals surface area contributed by atoms with Crippen LogP contribution in [0.15, 0.2) is 0 Å². The second-order valence-corrected chi connectivity index (χ2v) is 7.73. The highest BCUT2D eigenvalue weighted by molar-refractivity contribution is 5.67. The van der Waals surface area contributed by atoms with Gasteiger partial charge in [-0.3, -0.25) is 0 Å². The van der Waals surface area contributed by atoms with Crippen molar-refractivity contribution >= 4 is 6.09 Å². The third-order valence-electron chi connectivity index (χ3n) is 4.08. The number of rotatable bonds is 3. The monoisotopic (exact) mass is 285 g/mol. The van der Waals surface area contributed by atoms with Crippen LogP contribution in [0.4, 0.5) is 4.79 Å². The van der Waals surface area contributed by atoms with Crippen LogP contribution in [0.2, 0.25) is 0 Å². The van der Waals surface area contributed by atoms with Gasteiger partial charge < -0.3 is 14.7 Å². The molecule has 1 amide bonds. The largest absolute Gasteiger partial charge is 0.444 e. The predicted octanol–water partition coefficient (Wildman–Crippen LogP) is 3.43. The van der Waals surface area contributed by atoms with E-state index in [-0.39, 0.29) is 6.09 Å². The van der Waals surface area contributed by atoms with E-state index in [0.717, 1.165) is 32.2 Å². The van der Waals surface area contributed by atoms with Gasteiger partial charge in [0.05, 0.1) is 5.60 Å². The molecule has 0 aromatic carbocycles. The van der Waals surface area contributed by atoms with Crippen molar-refractivity contribution in [2.75, 3.05) is 13.6 Å². The summed E-state index contributed by atoms with van der Waals surface area (Å²) in [7, 11) is 1.80. The van der Waals surface area contributed by atoms with Crippen molar-refractivity contribution in [2.24, 2.45) is 11.8 Å². The van der Waals surface area contributed by atoms with Crippen molar-refractivity contribution in [3.63, 3.8) is 0 Å². The van der Waals surface area contributed by atoms with Crippen LogP contribution in [0.3, 0.4) is 0 Å². The van der Waals surface area contributed by atoms with Crippen LogP contribution in [0.25, 0.3) is 0 Å². The van der Waals surface area contributed by atoms with Gasteiger partial charge in [-0.1, -0.05) is 0 Å². The minimum absolute atomic E-state index is 0.248. The minimum Gasteiger partial charge on any atom is -0.444 e. The highest BCUT2D eigenvalue weighted by Gasteiger charge is 2.32. The maximum Gasteiger partial charge on any atom is 0.410 e. The molecular formula is C16H31NO3. The van der Waals surface area contributed by atoms with Gasteiger partial charge in [-0.05, 0) is 72.1 Å². The molecule has 0 aliphatic heterocycles. The molecule has 0 spiro atoms. The molecule has 0 aromatic rings. The Bertz CT molecular complexity index is 320. The molecule has 0 atom stereocenters. The summed E-state index contributed by atoms with van der Waals surface area (Å²) in [4.78, 5) is 13.6. The molecule has 20 heavy (non-hydrogen) atoms. The third kappa shape index (κ3) is 5.70. The zero-order valence-electron chi connectivity index (χ0n) is 13.9. The fourth-order valence-corrected chi connectivity index (χ4v) is 2.85. The maximum atomic E-state index is 11.9. The van der Waals surface area contributed by atoms with E-state index >= 15 is 0 Å². The van der Waals surface area contributed by atoms with Crippen molar-refractivity contribution in [3.8, 4) is 0 Å². The Hall–Kier alpha value is -0.770. The molecule has 1 aliphatic rings. The Morgan fingerprint density at radius 3 is 2.05 bits per heavy atom. The van der Waals surface area contributed by atoms with Crippen LogP contribution in [-0.2, 0) is 4.74 Å². The summed E-state index contributed by atoms with van der Waals surface area (Å²) in [5.41, 5.74) is -1.02. The second kappa shape index (κ2) is 6.33. The second-order valence-electron chi connectivity index (χ2n) is 7.73. The molecule has 1 aliphatic carbocycles. The quantitative estimate of drug-likeness (QED) is 0.864. The van der Waals surface area contributed by atoms with Crippen molar-refractivity contribution in [3.05, 3.63) is 0 Å². The number of aliphatic hydroxyl groups is 1. The molecule has 1 rings (SSSR count). The molecule has 4 heteroatoms. The molecule has 118 valence electrons. The Balaban J connectivity index is 2.38. The number of hydrogen-bond acceptors (Lipinski definition) is 3. The first-order valence-electron chi connectivity index (χ1n) is 7.65. The van der Waals surface area contributed by atoms with Gasteiger partial charge in [-0.2, -0.15) is 0 Å². The summed E-state index contributed by atoms with van der Waals surface area (Å²) in [5.74, 6) is 0.900. The number of carbonyl (C=O) groups is 1. The number of nitrogens with zero attached hydrogens (tertiary/aromatic N) is 1. The normalized spacial score (nSPS) is 24.4. The fourth-order valence-electron chi connectivity index (χ4n) is 2.85. The van der Waals surface area contributed by atoms with Crippen LogP contribution < -0.4 is 0 Å². The fraction of sp³-hybridized carbons (Fsp3) is 0.938. The van der Waals surface area contributed by atoms with Crippen molar-refractivity contribution in [2.45, 2.75) is 71.5 Å². The van der Waals surface area contributed by atoms with E-state index in [1.165, 1.54) is 0 Å². The number of hydrogen-bond donors (Lipinski definition) is 1. The minimum atomic E-state index is -0.581. The Morgan fingerprint density at radius 1 is 1.15 bits per heavy atom. The molecule has 0 unspecified atom stereocenters. The van der Waals surface area contributed by atoms with Crippen LogP contribution in [0.1, 0.15) is 60.3 Å². The lowest BCUT2D eigenvalue weighted by Gasteiger charge is -2.37. The topological polar surface area (TPSA) is 49.8 Å². The standard InChI is InChI=1S/C16H31NO3/c1-15(2,3)20-14(18)17(6)11-12-7-9-13(10-8-12)16(4,5)19/h12-13,19H,7-11H2,1-6H3. The van der Waals surface area contributed by atoms with Crippen LogP contribution in [0, 0.1) is 11.8 Å². The maximum absolute atomic E-state index is 11.9. The first kappa shape index (κ1) is 17.3. The summed E-state index contributed by atoms with van der Waals surface area (Å²) in [5, 5.41) is 10.0. The number of ether oxygens (including phenoxy) is 1. The number of amides is 1. The predicted molar refractivity (Wildman–Crippen MR) is 80.6 cm³/mol. The van der Waals surface area contributed by atoms with E-state index in [1.807, 2.05) is 34.6 Å². The SMILES string of the molecule is CN(CC1CCC(C(C)(C)O)CC1)C(=O)OC(C)(C)C. The molecule has 0 saturated heterocycles. The number of carbonyl (C=O) groups excluding carboxylic acids is 1. The van der Waals surface area contributed by atoms with E-state index in [1.54, 1.807) is 11.9 Å². The average molecular weight is 285 g/mol.